The number of ether oxygens (including phenoxy) is 1. The minimum Gasteiger partial charge on any atom is -0.491 e. The van der Waals surface area contributed by atoms with E-state index in [-0.39, 0.29) is 34.5 Å². The van der Waals surface area contributed by atoms with Gasteiger partial charge in [-0.3, -0.25) is 0 Å². The Morgan fingerprint density at radius 3 is 2.52 bits per heavy atom. The van der Waals surface area contributed by atoms with Crippen molar-refractivity contribution in [2.24, 2.45) is 0 Å². The average Bonchev–Trinajstić information content (AvgIpc) is 2.63. The molecule has 0 aliphatic carbocycles. The lowest BCUT2D eigenvalue weighted by molar-refractivity contribution is -0.00910. The van der Waals surface area contributed by atoms with Crippen molar-refractivity contribution in [3.05, 3.63) is 82.2 Å². The highest BCUT2D eigenvalue weighted by atomic mass is 19.3. The van der Waals surface area contributed by atoms with E-state index < -0.39 is 23.8 Å². The molecule has 0 N–H and O–H groups in total. The Kier molecular flexibility index (Phi) is 5.08. The van der Waals surface area contributed by atoms with Gasteiger partial charge in [-0.05, 0) is 30.0 Å². The molecule has 1 aromatic heterocycles. The van der Waals surface area contributed by atoms with E-state index in [0.717, 1.165) is 0 Å². The Hall–Kier alpha value is -3.02. The number of halogens is 3. The molecule has 0 spiro atoms. The van der Waals surface area contributed by atoms with Crippen molar-refractivity contribution >= 4 is 16.8 Å². The zero-order chi connectivity index (χ0) is 19.6. The summed E-state index contributed by atoms with van der Waals surface area (Å²) in [4.78, 5) is 12.2. The largest absolute Gasteiger partial charge is 0.491 e. The molecule has 140 valence electrons. The molecule has 0 saturated heterocycles. The predicted octanol–water partition coefficient (Wildman–Crippen LogP) is 5.31. The van der Waals surface area contributed by atoms with Gasteiger partial charge in [-0.1, -0.05) is 43.0 Å². The maximum absolute atomic E-state index is 14.6. The van der Waals surface area contributed by atoms with Crippen molar-refractivity contribution in [3.8, 4) is 5.75 Å². The summed E-state index contributed by atoms with van der Waals surface area (Å²) in [6.45, 7) is 5.48. The summed E-state index contributed by atoms with van der Waals surface area (Å²) in [7, 11) is 0. The molecule has 0 radical (unpaired) electrons. The van der Waals surface area contributed by atoms with E-state index in [2.05, 4.69) is 6.58 Å². The second-order valence-electron chi connectivity index (χ2n) is 5.98. The van der Waals surface area contributed by atoms with Crippen LogP contribution in [0.5, 0.6) is 5.75 Å². The first-order chi connectivity index (χ1) is 12.9. The monoisotopic (exact) mass is 374 g/mol. The van der Waals surface area contributed by atoms with Gasteiger partial charge >= 0.3 is 5.63 Å². The van der Waals surface area contributed by atoms with Gasteiger partial charge in [-0.2, -0.15) is 0 Å². The van der Waals surface area contributed by atoms with Crippen LogP contribution in [0.2, 0.25) is 0 Å². The van der Waals surface area contributed by atoms with Crippen LogP contribution in [0.25, 0.3) is 16.8 Å². The average molecular weight is 374 g/mol. The van der Waals surface area contributed by atoms with E-state index in [9.17, 15) is 18.0 Å². The third-order valence-electron chi connectivity index (χ3n) is 4.15. The van der Waals surface area contributed by atoms with Crippen LogP contribution in [0.1, 0.15) is 23.8 Å². The van der Waals surface area contributed by atoms with Crippen molar-refractivity contribution in [1.29, 1.82) is 0 Å². The molecule has 3 nitrogen and oxygen atoms in total. The van der Waals surface area contributed by atoms with E-state index in [0.29, 0.717) is 5.56 Å². The number of benzene rings is 2. The minimum absolute atomic E-state index is 0.0855. The summed E-state index contributed by atoms with van der Waals surface area (Å²) in [6.07, 6.45) is 0.732. The lowest BCUT2D eigenvalue weighted by Gasteiger charge is -2.16. The summed E-state index contributed by atoms with van der Waals surface area (Å²) in [5, 5.41) is -0.136. The molecule has 2 aromatic carbocycles. The Labute approximate surface area is 153 Å². The van der Waals surface area contributed by atoms with E-state index in [1.807, 2.05) is 0 Å². The van der Waals surface area contributed by atoms with Crippen LogP contribution in [0.4, 0.5) is 13.2 Å². The van der Waals surface area contributed by atoms with Gasteiger partial charge < -0.3 is 9.15 Å². The second kappa shape index (κ2) is 7.31. The van der Waals surface area contributed by atoms with Crippen LogP contribution in [0.15, 0.2) is 58.3 Å². The lowest BCUT2D eigenvalue weighted by Crippen LogP contribution is -2.18. The molecule has 3 rings (SSSR count). The molecular formula is C21H17F3O3. The number of hydrogen-bond donors (Lipinski definition) is 0. The molecular weight excluding hydrogens is 357 g/mol. The smallest absolute Gasteiger partial charge is 0.346 e. The fraction of sp³-hybridized carbons (Fsp3) is 0.190. The normalized spacial score (nSPS) is 11.6. The van der Waals surface area contributed by atoms with E-state index in [1.165, 1.54) is 42.5 Å². The predicted molar refractivity (Wildman–Crippen MR) is 97.7 cm³/mol. The molecule has 0 saturated carbocycles. The maximum atomic E-state index is 14.6. The SMILES string of the molecule is C=Cc1ccc(C(F)(F)Cc2cc3ccc(OCC)c(F)c3c(=O)o2)cc1. The minimum atomic E-state index is -3.26. The quantitative estimate of drug-likeness (QED) is 0.587. The van der Waals surface area contributed by atoms with E-state index in [1.54, 1.807) is 13.0 Å². The molecule has 0 aliphatic rings. The van der Waals surface area contributed by atoms with Gasteiger partial charge in [0.15, 0.2) is 11.6 Å². The van der Waals surface area contributed by atoms with Crippen molar-refractivity contribution in [2.45, 2.75) is 19.3 Å². The highest BCUT2D eigenvalue weighted by Gasteiger charge is 2.33. The standard InChI is InChI=1S/C21H17F3O3/c1-3-13-5-8-15(9-6-13)21(23,24)12-16-11-14-7-10-17(26-4-2)19(22)18(14)20(25)27-16/h3,5-11H,1,4,12H2,2H3. The Morgan fingerprint density at radius 2 is 1.89 bits per heavy atom. The lowest BCUT2D eigenvalue weighted by atomic mass is 10.0. The van der Waals surface area contributed by atoms with Crippen LogP contribution in [-0.4, -0.2) is 6.61 Å². The van der Waals surface area contributed by atoms with E-state index >= 15 is 0 Å². The third kappa shape index (κ3) is 3.74. The van der Waals surface area contributed by atoms with Gasteiger partial charge in [0, 0.05) is 5.56 Å². The van der Waals surface area contributed by atoms with Crippen molar-refractivity contribution in [3.63, 3.8) is 0 Å². The van der Waals surface area contributed by atoms with Crippen molar-refractivity contribution in [1.82, 2.24) is 0 Å². The van der Waals surface area contributed by atoms with Crippen LogP contribution >= 0.6 is 0 Å². The molecule has 0 atom stereocenters. The molecule has 0 amide bonds. The van der Waals surface area contributed by atoms with Crippen LogP contribution in [-0.2, 0) is 12.3 Å². The highest BCUT2D eigenvalue weighted by Crippen LogP contribution is 2.33. The molecule has 0 aliphatic heterocycles. The first kappa shape index (κ1) is 18.8. The van der Waals surface area contributed by atoms with Crippen LogP contribution in [0, 0.1) is 5.82 Å². The summed E-state index contributed by atoms with van der Waals surface area (Å²) >= 11 is 0. The Morgan fingerprint density at radius 1 is 1.19 bits per heavy atom. The fourth-order valence-corrected chi connectivity index (χ4v) is 2.81. The molecule has 0 fully saturated rings. The van der Waals surface area contributed by atoms with Gasteiger partial charge in [0.2, 0.25) is 0 Å². The number of rotatable bonds is 6. The second-order valence-corrected chi connectivity index (χ2v) is 5.98. The first-order valence-corrected chi connectivity index (χ1v) is 8.34. The Balaban J connectivity index is 1.98. The maximum Gasteiger partial charge on any atom is 0.346 e. The Bertz CT molecular complexity index is 1040. The van der Waals surface area contributed by atoms with Gasteiger partial charge in [0.05, 0.1) is 13.0 Å². The van der Waals surface area contributed by atoms with Gasteiger partial charge in [-0.15, -0.1) is 0 Å². The third-order valence-corrected chi connectivity index (χ3v) is 4.15. The molecule has 0 unspecified atom stereocenters. The van der Waals surface area contributed by atoms with Crippen molar-refractivity contribution < 1.29 is 22.3 Å². The molecule has 0 bridgehead atoms. The van der Waals surface area contributed by atoms with Crippen LogP contribution < -0.4 is 10.4 Å². The summed E-state index contributed by atoms with van der Waals surface area (Å²) in [5.41, 5.74) is -0.513. The highest BCUT2D eigenvalue weighted by molar-refractivity contribution is 5.83. The zero-order valence-corrected chi connectivity index (χ0v) is 14.6. The van der Waals surface area contributed by atoms with Gasteiger partial charge in [0.25, 0.3) is 5.92 Å². The van der Waals surface area contributed by atoms with Crippen LogP contribution in [0.3, 0.4) is 0 Å². The van der Waals surface area contributed by atoms with Crippen molar-refractivity contribution in [2.75, 3.05) is 6.61 Å². The molecule has 3 aromatic rings. The summed E-state index contributed by atoms with van der Waals surface area (Å²) in [6, 6.07) is 9.70. The molecule has 6 heteroatoms. The number of fused-ring (bicyclic) bond motifs is 1. The molecule has 1 heterocycles. The fourth-order valence-electron chi connectivity index (χ4n) is 2.81. The topological polar surface area (TPSA) is 39.4 Å². The number of alkyl halides is 2. The summed E-state index contributed by atoms with van der Waals surface area (Å²) < 4.78 is 53.6. The molecule has 27 heavy (non-hydrogen) atoms. The first-order valence-electron chi connectivity index (χ1n) is 8.34. The van der Waals surface area contributed by atoms with E-state index in [4.69, 9.17) is 9.15 Å². The zero-order valence-electron chi connectivity index (χ0n) is 14.6. The number of hydrogen-bond acceptors (Lipinski definition) is 3. The van der Waals surface area contributed by atoms with Gasteiger partial charge in [-0.25, -0.2) is 18.0 Å². The van der Waals surface area contributed by atoms with Gasteiger partial charge in [0.1, 0.15) is 11.1 Å². The summed E-state index contributed by atoms with van der Waals surface area (Å²) in [5.74, 6) is -4.43.